The molecule has 0 amide bonds. The van der Waals surface area contributed by atoms with Crippen molar-refractivity contribution in [2.75, 3.05) is 20.2 Å². The zero-order valence-electron chi connectivity index (χ0n) is 13.7. The van der Waals surface area contributed by atoms with Crippen LogP contribution in [0.2, 0.25) is 0 Å². The molecule has 2 nitrogen and oxygen atoms in total. The standard InChI is InChI=1S/C18H31NO/c1-5-6-7-13-18(2,3)15-19-14-12-16-8-10-17(20-4)11-9-16/h8-11,19H,5-7,12-15H2,1-4H3. The number of ether oxygens (including phenoxy) is 1. The molecule has 1 aromatic carbocycles. The van der Waals surface area contributed by atoms with E-state index in [0.717, 1.165) is 25.3 Å². The molecular formula is C18H31NO. The van der Waals surface area contributed by atoms with Crippen molar-refractivity contribution in [1.29, 1.82) is 0 Å². The number of rotatable bonds is 10. The third-order valence-corrected chi connectivity index (χ3v) is 3.81. The lowest BCUT2D eigenvalue weighted by Crippen LogP contribution is -2.30. The minimum absolute atomic E-state index is 0.412. The highest BCUT2D eigenvalue weighted by Gasteiger charge is 2.16. The minimum Gasteiger partial charge on any atom is -0.497 e. The number of unbranched alkanes of at least 4 members (excludes halogenated alkanes) is 2. The Hall–Kier alpha value is -1.02. The maximum Gasteiger partial charge on any atom is 0.118 e. The SMILES string of the molecule is CCCCCC(C)(C)CNCCc1ccc(OC)cc1. The van der Waals surface area contributed by atoms with Gasteiger partial charge < -0.3 is 10.1 Å². The van der Waals surface area contributed by atoms with Crippen LogP contribution in [0.5, 0.6) is 5.75 Å². The molecular weight excluding hydrogens is 246 g/mol. The Labute approximate surface area is 124 Å². The first-order valence-electron chi connectivity index (χ1n) is 7.91. The Morgan fingerprint density at radius 3 is 2.40 bits per heavy atom. The van der Waals surface area contributed by atoms with Gasteiger partial charge in [-0.2, -0.15) is 0 Å². The third kappa shape index (κ3) is 6.95. The highest BCUT2D eigenvalue weighted by atomic mass is 16.5. The summed E-state index contributed by atoms with van der Waals surface area (Å²) in [5.41, 5.74) is 1.77. The molecule has 2 heteroatoms. The van der Waals surface area contributed by atoms with Crippen LogP contribution >= 0.6 is 0 Å². The van der Waals surface area contributed by atoms with Crippen molar-refractivity contribution in [1.82, 2.24) is 5.32 Å². The molecule has 0 aromatic heterocycles. The highest BCUT2D eigenvalue weighted by molar-refractivity contribution is 5.27. The molecule has 114 valence electrons. The van der Waals surface area contributed by atoms with Gasteiger partial charge in [-0.1, -0.05) is 52.2 Å². The predicted molar refractivity (Wildman–Crippen MR) is 87.5 cm³/mol. The van der Waals surface area contributed by atoms with Crippen LogP contribution in [-0.4, -0.2) is 20.2 Å². The lowest BCUT2D eigenvalue weighted by Gasteiger charge is -2.25. The van der Waals surface area contributed by atoms with Gasteiger partial charge in [0, 0.05) is 6.54 Å². The van der Waals surface area contributed by atoms with E-state index >= 15 is 0 Å². The molecule has 0 unspecified atom stereocenters. The summed E-state index contributed by atoms with van der Waals surface area (Å²) in [7, 11) is 1.71. The van der Waals surface area contributed by atoms with E-state index in [1.165, 1.54) is 31.2 Å². The number of hydrogen-bond acceptors (Lipinski definition) is 2. The van der Waals surface area contributed by atoms with Crippen molar-refractivity contribution < 1.29 is 4.74 Å². The number of benzene rings is 1. The van der Waals surface area contributed by atoms with Crippen LogP contribution in [0, 0.1) is 5.41 Å². The van der Waals surface area contributed by atoms with Gasteiger partial charge >= 0.3 is 0 Å². The summed E-state index contributed by atoms with van der Waals surface area (Å²) in [4.78, 5) is 0. The first-order chi connectivity index (χ1) is 9.57. The molecule has 0 bridgehead atoms. The van der Waals surface area contributed by atoms with Crippen molar-refractivity contribution in [3.63, 3.8) is 0 Å². The predicted octanol–water partition coefficient (Wildman–Crippen LogP) is 4.43. The summed E-state index contributed by atoms with van der Waals surface area (Å²) in [5, 5.41) is 3.60. The van der Waals surface area contributed by atoms with Crippen LogP contribution in [-0.2, 0) is 6.42 Å². The molecule has 20 heavy (non-hydrogen) atoms. The molecule has 0 radical (unpaired) electrons. The van der Waals surface area contributed by atoms with Gasteiger partial charge in [0.15, 0.2) is 0 Å². The van der Waals surface area contributed by atoms with Crippen LogP contribution in [0.3, 0.4) is 0 Å². The maximum atomic E-state index is 5.17. The van der Waals surface area contributed by atoms with Crippen molar-refractivity contribution in [2.24, 2.45) is 5.41 Å². The lowest BCUT2D eigenvalue weighted by molar-refractivity contribution is 0.303. The fourth-order valence-electron chi connectivity index (χ4n) is 2.39. The van der Waals surface area contributed by atoms with Crippen LogP contribution in [0.1, 0.15) is 52.0 Å². The monoisotopic (exact) mass is 277 g/mol. The van der Waals surface area contributed by atoms with Crippen molar-refractivity contribution in [2.45, 2.75) is 52.9 Å². The maximum absolute atomic E-state index is 5.17. The van der Waals surface area contributed by atoms with Crippen molar-refractivity contribution in [3.8, 4) is 5.75 Å². The van der Waals surface area contributed by atoms with E-state index in [1.807, 2.05) is 12.1 Å². The topological polar surface area (TPSA) is 21.3 Å². The molecule has 1 aromatic rings. The Kier molecular flexibility index (Phi) is 7.68. The molecule has 0 atom stereocenters. The zero-order chi connectivity index (χ0) is 14.8. The fraction of sp³-hybridized carbons (Fsp3) is 0.667. The number of hydrogen-bond donors (Lipinski definition) is 1. The van der Waals surface area contributed by atoms with Gasteiger partial charge in [0.25, 0.3) is 0 Å². The van der Waals surface area contributed by atoms with E-state index in [0.29, 0.717) is 5.41 Å². The van der Waals surface area contributed by atoms with Gasteiger partial charge in [0.1, 0.15) is 5.75 Å². The molecule has 0 aliphatic rings. The molecule has 1 N–H and O–H groups in total. The summed E-state index contributed by atoms with van der Waals surface area (Å²) in [6, 6.07) is 8.36. The van der Waals surface area contributed by atoms with E-state index in [-0.39, 0.29) is 0 Å². The van der Waals surface area contributed by atoms with Gasteiger partial charge in [-0.15, -0.1) is 0 Å². The van der Waals surface area contributed by atoms with Gasteiger partial charge in [-0.05, 0) is 42.5 Å². The zero-order valence-corrected chi connectivity index (χ0v) is 13.7. The molecule has 1 rings (SSSR count). The second kappa shape index (κ2) is 9.02. The summed E-state index contributed by atoms with van der Waals surface area (Å²) in [6.07, 6.45) is 6.41. The Bertz CT molecular complexity index is 356. The molecule has 0 heterocycles. The number of methoxy groups -OCH3 is 1. The number of nitrogens with one attached hydrogen (secondary N) is 1. The van der Waals surface area contributed by atoms with Gasteiger partial charge in [0.2, 0.25) is 0 Å². The first kappa shape index (κ1) is 17.0. The van der Waals surface area contributed by atoms with E-state index in [1.54, 1.807) is 7.11 Å². The largest absolute Gasteiger partial charge is 0.497 e. The normalized spacial score (nSPS) is 11.6. The second-order valence-electron chi connectivity index (χ2n) is 6.40. The van der Waals surface area contributed by atoms with E-state index < -0.39 is 0 Å². The smallest absolute Gasteiger partial charge is 0.118 e. The molecule has 0 spiro atoms. The Morgan fingerprint density at radius 2 is 1.80 bits per heavy atom. The van der Waals surface area contributed by atoms with Gasteiger partial charge in [0.05, 0.1) is 7.11 Å². The fourth-order valence-corrected chi connectivity index (χ4v) is 2.39. The van der Waals surface area contributed by atoms with Crippen LogP contribution in [0.15, 0.2) is 24.3 Å². The van der Waals surface area contributed by atoms with E-state index in [2.05, 4.69) is 38.2 Å². The van der Waals surface area contributed by atoms with Crippen LogP contribution < -0.4 is 10.1 Å². The van der Waals surface area contributed by atoms with Gasteiger partial charge in [-0.3, -0.25) is 0 Å². The highest BCUT2D eigenvalue weighted by Crippen LogP contribution is 2.22. The van der Waals surface area contributed by atoms with Crippen LogP contribution in [0.25, 0.3) is 0 Å². The van der Waals surface area contributed by atoms with E-state index in [9.17, 15) is 0 Å². The van der Waals surface area contributed by atoms with Crippen LogP contribution in [0.4, 0.5) is 0 Å². The summed E-state index contributed by atoms with van der Waals surface area (Å²) in [6.45, 7) is 9.14. The second-order valence-corrected chi connectivity index (χ2v) is 6.40. The average Bonchev–Trinajstić information content (AvgIpc) is 2.44. The third-order valence-electron chi connectivity index (χ3n) is 3.81. The average molecular weight is 277 g/mol. The van der Waals surface area contributed by atoms with Gasteiger partial charge in [-0.25, -0.2) is 0 Å². The quantitative estimate of drug-likeness (QED) is 0.639. The molecule has 0 aliphatic carbocycles. The minimum atomic E-state index is 0.412. The first-order valence-corrected chi connectivity index (χ1v) is 7.91. The summed E-state index contributed by atoms with van der Waals surface area (Å²) in [5.74, 6) is 0.929. The van der Waals surface area contributed by atoms with Crippen molar-refractivity contribution >= 4 is 0 Å². The molecule has 0 saturated carbocycles. The molecule has 0 aliphatic heterocycles. The molecule has 0 fully saturated rings. The van der Waals surface area contributed by atoms with Crippen molar-refractivity contribution in [3.05, 3.63) is 29.8 Å². The van der Waals surface area contributed by atoms with E-state index in [4.69, 9.17) is 4.74 Å². The Morgan fingerprint density at radius 1 is 1.10 bits per heavy atom. The molecule has 0 saturated heterocycles. The summed E-state index contributed by atoms with van der Waals surface area (Å²) < 4.78 is 5.17. The lowest BCUT2D eigenvalue weighted by atomic mass is 9.87. The summed E-state index contributed by atoms with van der Waals surface area (Å²) >= 11 is 0. The Balaban J connectivity index is 2.19.